The van der Waals surface area contributed by atoms with Crippen LogP contribution in [0.25, 0.3) is 11.6 Å². The second-order valence-corrected chi connectivity index (χ2v) is 4.40. The van der Waals surface area contributed by atoms with Crippen LogP contribution in [0.15, 0.2) is 53.3 Å². The third-order valence-electron chi connectivity index (χ3n) is 2.93. The van der Waals surface area contributed by atoms with Crippen LogP contribution in [-0.2, 0) is 0 Å². The van der Waals surface area contributed by atoms with Gasteiger partial charge in [0, 0.05) is 6.20 Å². The summed E-state index contributed by atoms with van der Waals surface area (Å²) in [5.41, 5.74) is 5.88. The van der Waals surface area contributed by atoms with Gasteiger partial charge in [0.05, 0.1) is 12.0 Å². The Morgan fingerprint density at radius 3 is 2.73 bits per heavy atom. The molecule has 3 N–H and O–H groups in total. The number of amides is 1. The second kappa shape index (κ2) is 5.65. The van der Waals surface area contributed by atoms with Gasteiger partial charge in [-0.2, -0.15) is 0 Å². The molecule has 0 atom stereocenters. The van der Waals surface area contributed by atoms with Crippen LogP contribution in [0, 0.1) is 5.82 Å². The highest BCUT2D eigenvalue weighted by molar-refractivity contribution is 6.07. The maximum atomic E-state index is 13.5. The molecule has 1 aromatic carbocycles. The highest BCUT2D eigenvalue weighted by atomic mass is 19.1. The molecule has 3 rings (SSSR count). The van der Waals surface area contributed by atoms with Crippen LogP contribution < -0.4 is 11.1 Å². The Morgan fingerprint density at radius 1 is 1.23 bits per heavy atom. The second-order valence-electron chi connectivity index (χ2n) is 4.40. The van der Waals surface area contributed by atoms with E-state index < -0.39 is 11.7 Å². The number of benzene rings is 1. The van der Waals surface area contributed by atoms with E-state index in [2.05, 4.69) is 15.3 Å². The number of nitrogens with zero attached hydrogens (tertiary/aromatic N) is 2. The molecule has 22 heavy (non-hydrogen) atoms. The molecule has 1 amide bonds. The van der Waals surface area contributed by atoms with Crippen LogP contribution in [0.3, 0.4) is 0 Å². The van der Waals surface area contributed by atoms with Gasteiger partial charge in [-0.05, 0) is 24.3 Å². The minimum absolute atomic E-state index is 0.0183. The van der Waals surface area contributed by atoms with E-state index in [1.165, 1.54) is 30.7 Å². The molecule has 0 aliphatic rings. The van der Waals surface area contributed by atoms with Crippen LogP contribution in [0.4, 0.5) is 15.9 Å². The lowest BCUT2D eigenvalue weighted by Gasteiger charge is -2.08. The quantitative estimate of drug-likeness (QED) is 0.775. The molecular formula is C15H11FN4O2. The summed E-state index contributed by atoms with van der Waals surface area (Å²) in [4.78, 5) is 20.2. The van der Waals surface area contributed by atoms with E-state index in [0.29, 0.717) is 5.76 Å². The number of hydrogen-bond acceptors (Lipinski definition) is 5. The zero-order chi connectivity index (χ0) is 15.5. The number of para-hydroxylation sites is 1. The molecule has 0 radical (unpaired) electrons. The summed E-state index contributed by atoms with van der Waals surface area (Å²) in [5.74, 6) is -0.441. The molecule has 0 aliphatic heterocycles. The molecule has 0 unspecified atom stereocenters. The van der Waals surface area contributed by atoms with Gasteiger partial charge in [-0.15, -0.1) is 0 Å². The van der Waals surface area contributed by atoms with Crippen molar-refractivity contribution < 1.29 is 13.6 Å². The number of halogens is 1. The van der Waals surface area contributed by atoms with Gasteiger partial charge < -0.3 is 15.5 Å². The van der Waals surface area contributed by atoms with E-state index in [1.807, 2.05) is 0 Å². The number of nitrogens with two attached hydrogens (primary N) is 1. The monoisotopic (exact) mass is 298 g/mol. The average molecular weight is 298 g/mol. The summed E-state index contributed by atoms with van der Waals surface area (Å²) in [6.07, 6.45) is 2.75. The SMILES string of the molecule is Nc1nc(-c2ccco2)ncc1C(=O)Nc1ccccc1F. The highest BCUT2D eigenvalue weighted by Gasteiger charge is 2.15. The Kier molecular flexibility index (Phi) is 3.53. The molecule has 2 aromatic heterocycles. The van der Waals surface area contributed by atoms with E-state index in [0.717, 1.165) is 0 Å². The van der Waals surface area contributed by atoms with Crippen molar-refractivity contribution in [3.8, 4) is 11.6 Å². The minimum Gasteiger partial charge on any atom is -0.461 e. The zero-order valence-corrected chi connectivity index (χ0v) is 11.3. The highest BCUT2D eigenvalue weighted by Crippen LogP contribution is 2.19. The fraction of sp³-hybridized carbons (Fsp3) is 0. The number of carbonyl (C=O) groups excluding carboxylic acids is 1. The Bertz CT molecular complexity index is 818. The lowest BCUT2D eigenvalue weighted by molar-refractivity contribution is 0.102. The predicted octanol–water partition coefficient (Wildman–Crippen LogP) is 2.71. The van der Waals surface area contributed by atoms with Gasteiger partial charge in [-0.3, -0.25) is 4.79 Å². The largest absolute Gasteiger partial charge is 0.461 e. The number of anilines is 2. The Labute approximate surface area is 124 Å². The molecule has 7 heteroatoms. The van der Waals surface area contributed by atoms with Crippen molar-refractivity contribution in [2.45, 2.75) is 0 Å². The number of nitrogens with one attached hydrogen (secondary N) is 1. The molecule has 0 saturated heterocycles. The molecule has 0 spiro atoms. The van der Waals surface area contributed by atoms with Gasteiger partial charge in [0.15, 0.2) is 11.6 Å². The average Bonchev–Trinajstić information content (AvgIpc) is 3.03. The first-order chi connectivity index (χ1) is 10.6. The van der Waals surface area contributed by atoms with E-state index in [4.69, 9.17) is 10.2 Å². The van der Waals surface area contributed by atoms with E-state index >= 15 is 0 Å². The molecule has 0 saturated carbocycles. The van der Waals surface area contributed by atoms with E-state index in [-0.39, 0.29) is 22.9 Å². The Balaban J connectivity index is 1.86. The Hall–Kier alpha value is -3.22. The van der Waals surface area contributed by atoms with Crippen molar-refractivity contribution in [2.75, 3.05) is 11.1 Å². The summed E-state index contributed by atoms with van der Waals surface area (Å²) in [6.45, 7) is 0. The maximum absolute atomic E-state index is 13.5. The molecule has 0 aliphatic carbocycles. The fourth-order valence-electron chi connectivity index (χ4n) is 1.85. The number of hydrogen-bond donors (Lipinski definition) is 2. The zero-order valence-electron chi connectivity index (χ0n) is 11.3. The van der Waals surface area contributed by atoms with Crippen LogP contribution in [-0.4, -0.2) is 15.9 Å². The van der Waals surface area contributed by atoms with E-state index in [9.17, 15) is 9.18 Å². The van der Waals surface area contributed by atoms with Crippen molar-refractivity contribution in [3.05, 3.63) is 60.2 Å². The summed E-state index contributed by atoms with van der Waals surface area (Å²) >= 11 is 0. The number of nitrogen functional groups attached to an aromatic ring is 1. The van der Waals surface area contributed by atoms with Crippen molar-refractivity contribution in [2.24, 2.45) is 0 Å². The first kappa shape index (κ1) is 13.7. The van der Waals surface area contributed by atoms with Gasteiger partial charge in [0.25, 0.3) is 5.91 Å². The van der Waals surface area contributed by atoms with Crippen LogP contribution in [0.2, 0.25) is 0 Å². The summed E-state index contributed by atoms with van der Waals surface area (Å²) in [5, 5.41) is 2.42. The topological polar surface area (TPSA) is 94.0 Å². The smallest absolute Gasteiger partial charge is 0.261 e. The minimum atomic E-state index is -0.589. The standard InChI is InChI=1S/C15H11FN4O2/c16-10-4-1-2-5-11(10)19-15(21)9-8-18-14(20-13(9)17)12-6-3-7-22-12/h1-8H,(H,19,21)(H2,17,18,20). The first-order valence-electron chi connectivity index (χ1n) is 6.37. The van der Waals surface area contributed by atoms with Crippen LogP contribution in [0.5, 0.6) is 0 Å². The molecule has 0 fully saturated rings. The third-order valence-corrected chi connectivity index (χ3v) is 2.93. The van der Waals surface area contributed by atoms with Gasteiger partial charge in [-0.25, -0.2) is 14.4 Å². The van der Waals surface area contributed by atoms with Gasteiger partial charge in [0.2, 0.25) is 0 Å². The molecule has 6 nitrogen and oxygen atoms in total. The summed E-state index contributed by atoms with van der Waals surface area (Å²) < 4.78 is 18.7. The molecular weight excluding hydrogens is 287 g/mol. The molecule has 110 valence electrons. The maximum Gasteiger partial charge on any atom is 0.261 e. The molecule has 2 heterocycles. The fourth-order valence-corrected chi connectivity index (χ4v) is 1.85. The van der Waals surface area contributed by atoms with Crippen molar-refractivity contribution in [3.63, 3.8) is 0 Å². The summed E-state index contributed by atoms with van der Waals surface area (Å²) in [6, 6.07) is 9.19. The number of aromatic nitrogens is 2. The normalized spacial score (nSPS) is 10.4. The van der Waals surface area contributed by atoms with Crippen molar-refractivity contribution >= 4 is 17.4 Å². The Morgan fingerprint density at radius 2 is 2.05 bits per heavy atom. The van der Waals surface area contributed by atoms with Gasteiger partial charge >= 0.3 is 0 Å². The van der Waals surface area contributed by atoms with Crippen molar-refractivity contribution in [1.82, 2.24) is 9.97 Å². The lowest BCUT2D eigenvalue weighted by atomic mass is 10.2. The van der Waals surface area contributed by atoms with Gasteiger partial charge in [0.1, 0.15) is 17.2 Å². The number of rotatable bonds is 3. The lowest BCUT2D eigenvalue weighted by Crippen LogP contribution is -2.16. The van der Waals surface area contributed by atoms with Gasteiger partial charge in [-0.1, -0.05) is 12.1 Å². The number of carbonyl (C=O) groups is 1. The molecule has 0 bridgehead atoms. The van der Waals surface area contributed by atoms with Crippen LogP contribution in [0.1, 0.15) is 10.4 Å². The van der Waals surface area contributed by atoms with Crippen LogP contribution >= 0.6 is 0 Å². The van der Waals surface area contributed by atoms with E-state index in [1.54, 1.807) is 18.2 Å². The number of furan rings is 1. The third kappa shape index (κ3) is 2.64. The first-order valence-corrected chi connectivity index (χ1v) is 6.37. The molecule has 3 aromatic rings. The predicted molar refractivity (Wildman–Crippen MR) is 78.5 cm³/mol. The van der Waals surface area contributed by atoms with Crippen molar-refractivity contribution in [1.29, 1.82) is 0 Å². The summed E-state index contributed by atoms with van der Waals surface area (Å²) in [7, 11) is 0.